The molecule has 0 radical (unpaired) electrons. The van der Waals surface area contributed by atoms with Gasteiger partial charge in [0.05, 0.1) is 0 Å². The molecule has 0 aliphatic heterocycles. The van der Waals surface area contributed by atoms with Crippen LogP contribution in [0.5, 0.6) is 5.75 Å². The molecule has 0 fully saturated rings. The number of hydrogen-bond donors (Lipinski definition) is 3. The fraction of sp³-hybridized carbons (Fsp3) is 0.483. The van der Waals surface area contributed by atoms with Gasteiger partial charge in [-0.25, -0.2) is 4.79 Å². The SMILES string of the molecule is CSCCC(NC(=O)OC(C)(C)C)C(=O)N(C(C(=O)NCc1ccccc1)c1cccc(O)c1)C(C)(C)C. The van der Waals surface area contributed by atoms with E-state index in [1.807, 2.05) is 57.4 Å². The Labute approximate surface area is 230 Å². The summed E-state index contributed by atoms with van der Waals surface area (Å²) >= 11 is 1.55. The summed E-state index contributed by atoms with van der Waals surface area (Å²) in [5.41, 5.74) is -0.180. The smallest absolute Gasteiger partial charge is 0.408 e. The third-order valence-corrected chi connectivity index (χ3v) is 6.21. The van der Waals surface area contributed by atoms with Crippen molar-refractivity contribution in [3.8, 4) is 5.75 Å². The summed E-state index contributed by atoms with van der Waals surface area (Å²) < 4.78 is 5.42. The number of thioether (sulfide) groups is 1. The molecule has 2 aromatic rings. The number of ether oxygens (including phenoxy) is 1. The Balaban J connectivity index is 2.49. The topological polar surface area (TPSA) is 108 Å². The first-order valence-electron chi connectivity index (χ1n) is 12.6. The lowest BCUT2D eigenvalue weighted by molar-refractivity contribution is -0.148. The number of amides is 3. The second kappa shape index (κ2) is 13.6. The maximum atomic E-state index is 14.2. The number of phenols is 1. The number of rotatable bonds is 10. The standard InChI is InChI=1S/C29H41N3O5S/c1-28(2,3)32(26(35)23(16-17-38-7)31-27(36)37-29(4,5)6)24(21-14-11-15-22(33)18-21)25(34)30-19-20-12-9-8-10-13-20/h8-15,18,23-24,33H,16-17,19H2,1-7H3,(H,30,34)(H,31,36). The Morgan fingerprint density at radius 2 is 1.66 bits per heavy atom. The van der Waals surface area contributed by atoms with Crippen LogP contribution in [-0.4, -0.2) is 57.1 Å². The maximum absolute atomic E-state index is 14.2. The van der Waals surface area contributed by atoms with Gasteiger partial charge < -0.3 is 25.4 Å². The molecule has 2 atom stereocenters. The Morgan fingerprint density at radius 3 is 2.21 bits per heavy atom. The van der Waals surface area contributed by atoms with E-state index in [1.54, 1.807) is 44.7 Å². The lowest BCUT2D eigenvalue weighted by Crippen LogP contribution is -2.58. The lowest BCUT2D eigenvalue weighted by atomic mass is 9.95. The minimum Gasteiger partial charge on any atom is -0.508 e. The fourth-order valence-electron chi connectivity index (χ4n) is 3.95. The molecular weight excluding hydrogens is 502 g/mol. The zero-order valence-corrected chi connectivity index (χ0v) is 24.2. The van der Waals surface area contributed by atoms with E-state index in [9.17, 15) is 19.5 Å². The van der Waals surface area contributed by atoms with Crippen LogP contribution in [0.2, 0.25) is 0 Å². The normalized spacial score (nSPS) is 13.2. The van der Waals surface area contributed by atoms with Gasteiger partial charge in [-0.15, -0.1) is 0 Å². The van der Waals surface area contributed by atoms with Gasteiger partial charge in [0, 0.05) is 12.1 Å². The van der Waals surface area contributed by atoms with E-state index in [4.69, 9.17) is 4.74 Å². The summed E-state index contributed by atoms with van der Waals surface area (Å²) in [6.45, 7) is 11.0. The molecule has 2 rings (SSSR count). The number of benzene rings is 2. The van der Waals surface area contributed by atoms with Gasteiger partial charge in [-0.3, -0.25) is 9.59 Å². The number of carbonyl (C=O) groups is 3. The van der Waals surface area contributed by atoms with E-state index in [1.165, 1.54) is 17.0 Å². The molecule has 3 amide bonds. The highest BCUT2D eigenvalue weighted by molar-refractivity contribution is 7.98. The van der Waals surface area contributed by atoms with Gasteiger partial charge in [0.2, 0.25) is 11.8 Å². The van der Waals surface area contributed by atoms with Crippen molar-refractivity contribution in [3.05, 3.63) is 65.7 Å². The highest BCUT2D eigenvalue weighted by Crippen LogP contribution is 2.32. The molecule has 0 saturated carbocycles. The molecule has 8 nitrogen and oxygen atoms in total. The monoisotopic (exact) mass is 543 g/mol. The van der Waals surface area contributed by atoms with Crippen LogP contribution in [0.25, 0.3) is 0 Å². The molecule has 0 bridgehead atoms. The zero-order chi connectivity index (χ0) is 28.5. The molecule has 0 spiro atoms. The molecular formula is C29H41N3O5S. The summed E-state index contributed by atoms with van der Waals surface area (Å²) in [6, 6.07) is 13.8. The number of aromatic hydroxyl groups is 1. The molecule has 2 unspecified atom stereocenters. The van der Waals surface area contributed by atoms with Gasteiger partial charge in [-0.1, -0.05) is 42.5 Å². The van der Waals surface area contributed by atoms with E-state index in [-0.39, 0.29) is 12.3 Å². The van der Waals surface area contributed by atoms with E-state index in [0.717, 1.165) is 5.56 Å². The summed E-state index contributed by atoms with van der Waals surface area (Å²) in [5, 5.41) is 15.9. The molecule has 0 heterocycles. The average molecular weight is 544 g/mol. The number of alkyl carbamates (subject to hydrolysis) is 1. The van der Waals surface area contributed by atoms with Gasteiger partial charge in [0.1, 0.15) is 23.4 Å². The van der Waals surface area contributed by atoms with Gasteiger partial charge in [-0.05, 0) is 83.2 Å². The third kappa shape index (κ3) is 9.59. The van der Waals surface area contributed by atoms with Crippen LogP contribution in [-0.2, 0) is 20.9 Å². The van der Waals surface area contributed by atoms with Crippen molar-refractivity contribution < 1.29 is 24.2 Å². The van der Waals surface area contributed by atoms with Crippen LogP contribution < -0.4 is 10.6 Å². The minimum absolute atomic E-state index is 0.0181. The second-order valence-electron chi connectivity index (χ2n) is 11.1. The predicted molar refractivity (Wildman–Crippen MR) is 152 cm³/mol. The number of carbonyl (C=O) groups excluding carboxylic acids is 3. The summed E-state index contributed by atoms with van der Waals surface area (Å²) in [7, 11) is 0. The average Bonchev–Trinajstić information content (AvgIpc) is 2.81. The van der Waals surface area contributed by atoms with E-state index < -0.39 is 41.1 Å². The van der Waals surface area contributed by atoms with Crippen molar-refractivity contribution in [1.29, 1.82) is 0 Å². The first-order valence-corrected chi connectivity index (χ1v) is 14.0. The van der Waals surface area contributed by atoms with Crippen molar-refractivity contribution in [2.24, 2.45) is 0 Å². The minimum atomic E-state index is -1.06. The summed E-state index contributed by atoms with van der Waals surface area (Å²) in [5.74, 6) is -0.221. The van der Waals surface area contributed by atoms with Crippen molar-refractivity contribution >= 4 is 29.7 Å². The fourth-order valence-corrected chi connectivity index (χ4v) is 4.42. The van der Waals surface area contributed by atoms with Crippen LogP contribution in [0.1, 0.15) is 65.1 Å². The number of phenolic OH excluding ortho intramolecular Hbond substituents is 1. The second-order valence-corrected chi connectivity index (χ2v) is 12.0. The van der Waals surface area contributed by atoms with Crippen LogP contribution in [0.3, 0.4) is 0 Å². The predicted octanol–water partition coefficient (Wildman–Crippen LogP) is 5.02. The summed E-state index contributed by atoms with van der Waals surface area (Å²) in [6.07, 6.45) is 1.57. The Morgan fingerprint density at radius 1 is 1.00 bits per heavy atom. The van der Waals surface area contributed by atoms with E-state index in [2.05, 4.69) is 10.6 Å². The number of hydrogen-bond acceptors (Lipinski definition) is 6. The van der Waals surface area contributed by atoms with E-state index >= 15 is 0 Å². The van der Waals surface area contributed by atoms with Crippen molar-refractivity contribution in [2.75, 3.05) is 12.0 Å². The maximum Gasteiger partial charge on any atom is 0.408 e. The molecule has 0 aromatic heterocycles. The number of nitrogens with one attached hydrogen (secondary N) is 2. The van der Waals surface area contributed by atoms with Gasteiger partial charge >= 0.3 is 6.09 Å². The van der Waals surface area contributed by atoms with Gasteiger partial charge in [-0.2, -0.15) is 11.8 Å². The van der Waals surface area contributed by atoms with Crippen LogP contribution >= 0.6 is 11.8 Å². The van der Waals surface area contributed by atoms with Gasteiger partial charge in [0.15, 0.2) is 0 Å². The largest absolute Gasteiger partial charge is 0.508 e. The third-order valence-electron chi connectivity index (χ3n) is 5.56. The molecule has 38 heavy (non-hydrogen) atoms. The quantitative estimate of drug-likeness (QED) is 0.388. The highest BCUT2D eigenvalue weighted by Gasteiger charge is 2.41. The van der Waals surface area contributed by atoms with Gasteiger partial charge in [0.25, 0.3) is 0 Å². The first-order chi connectivity index (χ1) is 17.7. The van der Waals surface area contributed by atoms with Crippen LogP contribution in [0.4, 0.5) is 4.79 Å². The van der Waals surface area contributed by atoms with Crippen LogP contribution in [0, 0.1) is 0 Å². The Hall–Kier alpha value is -3.20. The molecule has 0 saturated heterocycles. The molecule has 3 N–H and O–H groups in total. The van der Waals surface area contributed by atoms with Crippen molar-refractivity contribution in [1.82, 2.24) is 15.5 Å². The Kier molecular flexibility index (Phi) is 11.1. The summed E-state index contributed by atoms with van der Waals surface area (Å²) in [4.78, 5) is 42.1. The number of nitrogens with zero attached hydrogens (tertiary/aromatic N) is 1. The molecule has 0 aliphatic rings. The van der Waals surface area contributed by atoms with E-state index in [0.29, 0.717) is 17.7 Å². The zero-order valence-electron chi connectivity index (χ0n) is 23.4. The molecule has 2 aromatic carbocycles. The molecule has 208 valence electrons. The first kappa shape index (κ1) is 31.0. The van der Waals surface area contributed by atoms with Crippen molar-refractivity contribution in [3.63, 3.8) is 0 Å². The molecule has 0 aliphatic carbocycles. The van der Waals surface area contributed by atoms with Crippen molar-refractivity contribution in [2.45, 2.75) is 77.7 Å². The Bertz CT molecular complexity index is 1080. The van der Waals surface area contributed by atoms with Crippen LogP contribution in [0.15, 0.2) is 54.6 Å². The molecule has 9 heteroatoms. The lowest BCUT2D eigenvalue weighted by Gasteiger charge is -2.43. The highest BCUT2D eigenvalue weighted by atomic mass is 32.2.